The Morgan fingerprint density at radius 1 is 1.44 bits per heavy atom. The van der Waals surface area contributed by atoms with Crippen LogP contribution in [0.1, 0.15) is 12.2 Å². The lowest BCUT2D eigenvalue weighted by atomic mass is 10.2. The fraction of sp³-hybridized carbons (Fsp3) is 0.231. The Labute approximate surface area is 99.9 Å². The number of hydrogen-bond acceptors (Lipinski definition) is 2. The van der Waals surface area contributed by atoms with E-state index in [1.54, 1.807) is 0 Å². The van der Waals surface area contributed by atoms with Crippen LogP contribution in [0.2, 0.25) is 5.02 Å². The van der Waals surface area contributed by atoms with E-state index in [4.69, 9.17) is 16.0 Å². The predicted octanol–water partition coefficient (Wildman–Crippen LogP) is 3.71. The first kappa shape index (κ1) is 11.2. The topological polar surface area (TPSA) is 25.2 Å². The van der Waals surface area contributed by atoms with Crippen molar-refractivity contribution in [2.24, 2.45) is 0 Å². The van der Waals surface area contributed by atoms with Crippen LogP contribution in [0.25, 0.3) is 17.0 Å². The van der Waals surface area contributed by atoms with Crippen LogP contribution in [0.5, 0.6) is 0 Å². The van der Waals surface area contributed by atoms with Crippen molar-refractivity contribution in [2.45, 2.75) is 6.42 Å². The van der Waals surface area contributed by atoms with Gasteiger partial charge in [0.25, 0.3) is 0 Å². The van der Waals surface area contributed by atoms with Crippen molar-refractivity contribution in [3.63, 3.8) is 0 Å². The molecule has 1 aromatic carbocycles. The molecule has 0 aliphatic heterocycles. The number of furan rings is 1. The first-order valence-corrected chi connectivity index (χ1v) is 5.68. The molecule has 16 heavy (non-hydrogen) atoms. The molecule has 2 nitrogen and oxygen atoms in total. The van der Waals surface area contributed by atoms with Gasteiger partial charge in [0.2, 0.25) is 0 Å². The Hall–Kier alpha value is -1.25. The minimum Gasteiger partial charge on any atom is -0.455 e. The highest BCUT2D eigenvalue weighted by molar-refractivity contribution is 6.34. The van der Waals surface area contributed by atoms with Gasteiger partial charge < -0.3 is 9.73 Å². The van der Waals surface area contributed by atoms with E-state index in [0.29, 0.717) is 5.02 Å². The molecule has 0 bridgehead atoms. The summed E-state index contributed by atoms with van der Waals surface area (Å²) in [5, 5.41) is 4.79. The molecule has 1 heterocycles. The Kier molecular flexibility index (Phi) is 3.65. The summed E-state index contributed by atoms with van der Waals surface area (Å²) >= 11 is 6.03. The summed E-state index contributed by atoms with van der Waals surface area (Å²) in [5.41, 5.74) is 0.762. The van der Waals surface area contributed by atoms with Crippen molar-refractivity contribution in [1.29, 1.82) is 0 Å². The predicted molar refractivity (Wildman–Crippen MR) is 68.8 cm³/mol. The molecule has 0 aliphatic carbocycles. The van der Waals surface area contributed by atoms with E-state index in [0.717, 1.165) is 29.7 Å². The Balaban J connectivity index is 2.20. The normalized spacial score (nSPS) is 11.6. The van der Waals surface area contributed by atoms with Gasteiger partial charge in [-0.25, -0.2) is 0 Å². The van der Waals surface area contributed by atoms with Gasteiger partial charge >= 0.3 is 0 Å². The highest BCUT2D eigenvalue weighted by Gasteiger charge is 2.03. The van der Waals surface area contributed by atoms with Crippen LogP contribution in [0.4, 0.5) is 0 Å². The molecule has 3 heteroatoms. The van der Waals surface area contributed by atoms with Crippen molar-refractivity contribution in [3.05, 3.63) is 41.1 Å². The maximum absolute atomic E-state index is 6.03. The number of fused-ring (bicyclic) bond motifs is 1. The average Bonchev–Trinajstić information content (AvgIpc) is 2.69. The molecule has 2 rings (SSSR count). The van der Waals surface area contributed by atoms with Gasteiger partial charge in [-0.2, -0.15) is 0 Å². The Morgan fingerprint density at radius 3 is 3.06 bits per heavy atom. The van der Waals surface area contributed by atoms with Crippen LogP contribution in [-0.2, 0) is 0 Å². The molecular weight excluding hydrogens is 222 g/mol. The molecule has 0 fully saturated rings. The third-order valence-corrected chi connectivity index (χ3v) is 2.66. The number of benzene rings is 1. The van der Waals surface area contributed by atoms with Gasteiger partial charge in [0.1, 0.15) is 5.76 Å². The van der Waals surface area contributed by atoms with E-state index in [2.05, 4.69) is 11.4 Å². The minimum absolute atomic E-state index is 0.660. The lowest BCUT2D eigenvalue weighted by molar-refractivity contribution is 0.604. The van der Waals surface area contributed by atoms with E-state index in [1.807, 2.05) is 37.4 Å². The summed E-state index contributed by atoms with van der Waals surface area (Å²) in [6, 6.07) is 7.75. The highest BCUT2D eigenvalue weighted by Crippen LogP contribution is 2.27. The molecule has 0 aliphatic rings. The van der Waals surface area contributed by atoms with E-state index < -0.39 is 0 Å². The first-order valence-electron chi connectivity index (χ1n) is 5.30. The lowest BCUT2D eigenvalue weighted by Gasteiger charge is -1.90. The molecule has 0 atom stereocenters. The maximum atomic E-state index is 6.03. The summed E-state index contributed by atoms with van der Waals surface area (Å²) in [6.45, 7) is 0.970. The van der Waals surface area contributed by atoms with Crippen molar-refractivity contribution in [1.82, 2.24) is 5.32 Å². The van der Waals surface area contributed by atoms with Gasteiger partial charge in [-0.3, -0.25) is 0 Å². The Morgan fingerprint density at radius 2 is 2.31 bits per heavy atom. The standard InChI is InChI=1S/C13H14ClNO/c1-15-8-3-2-6-11-9-10-5-4-7-12(14)13(10)16-11/h2,4-7,9,15H,3,8H2,1H3/b6-2+. The van der Waals surface area contributed by atoms with E-state index in [9.17, 15) is 0 Å². The number of para-hydroxylation sites is 1. The second-order valence-electron chi connectivity index (χ2n) is 3.60. The summed E-state index contributed by atoms with van der Waals surface area (Å²) in [7, 11) is 1.94. The van der Waals surface area contributed by atoms with Crippen molar-refractivity contribution >= 4 is 28.6 Å². The van der Waals surface area contributed by atoms with Gasteiger partial charge in [-0.05, 0) is 38.2 Å². The molecule has 0 amide bonds. The molecule has 84 valence electrons. The highest BCUT2D eigenvalue weighted by atomic mass is 35.5. The van der Waals surface area contributed by atoms with Crippen molar-refractivity contribution < 1.29 is 4.42 Å². The largest absolute Gasteiger partial charge is 0.455 e. The summed E-state index contributed by atoms with van der Waals surface area (Å²) in [5.74, 6) is 0.846. The minimum atomic E-state index is 0.660. The molecule has 1 aromatic heterocycles. The van der Waals surface area contributed by atoms with E-state index in [-0.39, 0.29) is 0 Å². The van der Waals surface area contributed by atoms with Gasteiger partial charge in [0, 0.05) is 5.39 Å². The number of rotatable bonds is 4. The number of hydrogen-bond donors (Lipinski definition) is 1. The van der Waals surface area contributed by atoms with Crippen LogP contribution < -0.4 is 5.32 Å². The van der Waals surface area contributed by atoms with Crippen LogP contribution in [0.15, 0.2) is 34.8 Å². The zero-order valence-corrected chi connectivity index (χ0v) is 9.92. The zero-order chi connectivity index (χ0) is 11.4. The summed E-state index contributed by atoms with van der Waals surface area (Å²) < 4.78 is 5.64. The quantitative estimate of drug-likeness (QED) is 0.818. The van der Waals surface area contributed by atoms with Crippen LogP contribution in [0, 0.1) is 0 Å². The zero-order valence-electron chi connectivity index (χ0n) is 9.16. The van der Waals surface area contributed by atoms with E-state index >= 15 is 0 Å². The molecular formula is C13H14ClNO. The monoisotopic (exact) mass is 235 g/mol. The molecule has 2 aromatic rings. The van der Waals surface area contributed by atoms with Gasteiger partial charge in [-0.15, -0.1) is 0 Å². The summed E-state index contributed by atoms with van der Waals surface area (Å²) in [6.07, 6.45) is 5.05. The molecule has 0 spiro atoms. The lowest BCUT2D eigenvalue weighted by Crippen LogP contribution is -2.05. The molecule has 0 saturated heterocycles. The maximum Gasteiger partial charge on any atom is 0.153 e. The SMILES string of the molecule is CNCC/C=C/c1cc2cccc(Cl)c2o1. The smallest absolute Gasteiger partial charge is 0.153 e. The second-order valence-corrected chi connectivity index (χ2v) is 4.01. The summed E-state index contributed by atoms with van der Waals surface area (Å²) in [4.78, 5) is 0. The van der Waals surface area contributed by atoms with Crippen LogP contribution in [0.3, 0.4) is 0 Å². The second kappa shape index (κ2) is 5.19. The van der Waals surface area contributed by atoms with Gasteiger partial charge in [-0.1, -0.05) is 29.8 Å². The average molecular weight is 236 g/mol. The third kappa shape index (κ3) is 2.46. The molecule has 1 N–H and O–H groups in total. The Bertz CT molecular complexity index is 502. The molecule has 0 unspecified atom stereocenters. The van der Waals surface area contributed by atoms with Crippen LogP contribution in [-0.4, -0.2) is 13.6 Å². The first-order chi connectivity index (χ1) is 7.81. The van der Waals surface area contributed by atoms with E-state index in [1.165, 1.54) is 0 Å². The fourth-order valence-electron chi connectivity index (χ4n) is 1.56. The van der Waals surface area contributed by atoms with Gasteiger partial charge in [0.05, 0.1) is 5.02 Å². The number of nitrogens with one attached hydrogen (secondary N) is 1. The molecule has 0 saturated carbocycles. The molecule has 0 radical (unpaired) electrons. The number of halogens is 1. The fourth-order valence-corrected chi connectivity index (χ4v) is 1.78. The van der Waals surface area contributed by atoms with Gasteiger partial charge in [0.15, 0.2) is 5.58 Å². The van der Waals surface area contributed by atoms with Crippen molar-refractivity contribution in [3.8, 4) is 0 Å². The van der Waals surface area contributed by atoms with Crippen LogP contribution >= 0.6 is 11.6 Å². The third-order valence-electron chi connectivity index (χ3n) is 2.36. The van der Waals surface area contributed by atoms with Crippen molar-refractivity contribution in [2.75, 3.05) is 13.6 Å².